The van der Waals surface area contributed by atoms with Crippen LogP contribution in [0.4, 0.5) is 0 Å². The lowest BCUT2D eigenvalue weighted by molar-refractivity contribution is -0.143. The van der Waals surface area contributed by atoms with Crippen molar-refractivity contribution >= 4 is 35.5 Å². The molecule has 0 saturated heterocycles. The highest BCUT2D eigenvalue weighted by Gasteiger charge is 2.33. The lowest BCUT2D eigenvalue weighted by atomic mass is 9.97. The summed E-state index contributed by atoms with van der Waals surface area (Å²) in [4.78, 5) is 79.2. The van der Waals surface area contributed by atoms with E-state index in [9.17, 15) is 39.0 Å². The van der Waals surface area contributed by atoms with Gasteiger partial charge in [0.05, 0.1) is 0 Å². The van der Waals surface area contributed by atoms with Crippen molar-refractivity contribution in [3.8, 4) is 5.75 Å². The summed E-state index contributed by atoms with van der Waals surface area (Å²) in [6.45, 7) is 4.22. The molecular formula is C38H61N7O8. The standard InChI is InChI=1S/C38H61N7O8/c1-3-5-14-29(42-35(49)30(16-9-11-22-40)43-34(48)28(15-8-10-21-39)41-33(47)4-2)36(50)44-31(23-26-17-19-27(46)20-18-26)37(51)45-32(38(52)53)24-25-12-6-7-13-25/h3,5,17-20,25,28-32,46H,4,6-16,21-24,39-40H2,1-2H3,(H,41,47)(H,42,49)(H,43,48)(H,44,50)(H,45,51)(H,52,53)/b5-3+/t28-,29-,30-,31-,32-/m0/s1. The van der Waals surface area contributed by atoms with Crippen LogP contribution in [-0.4, -0.2) is 89.0 Å². The van der Waals surface area contributed by atoms with E-state index in [2.05, 4.69) is 26.6 Å². The molecule has 0 heterocycles. The summed E-state index contributed by atoms with van der Waals surface area (Å²) in [5.74, 6) is -3.87. The number of carbonyl (C=O) groups is 6. The Hall–Kier alpha value is -4.50. The van der Waals surface area contributed by atoms with Crippen LogP contribution in [0.25, 0.3) is 0 Å². The number of carboxylic acids is 1. The van der Waals surface area contributed by atoms with E-state index in [0.29, 0.717) is 50.8 Å². The van der Waals surface area contributed by atoms with Gasteiger partial charge in [-0.2, -0.15) is 0 Å². The minimum Gasteiger partial charge on any atom is -0.508 e. The number of amides is 5. The summed E-state index contributed by atoms with van der Waals surface area (Å²) in [5.41, 5.74) is 11.9. The lowest BCUT2D eigenvalue weighted by Gasteiger charge is -2.27. The minimum atomic E-state index is -1.22. The average molecular weight is 744 g/mol. The number of nitrogens with two attached hydrogens (primary N) is 2. The molecule has 1 aromatic carbocycles. The molecule has 296 valence electrons. The van der Waals surface area contributed by atoms with E-state index < -0.39 is 59.8 Å². The number of aliphatic carboxylic acids is 1. The maximum absolute atomic E-state index is 13.9. The van der Waals surface area contributed by atoms with Gasteiger partial charge in [-0.05, 0) is 95.0 Å². The predicted molar refractivity (Wildman–Crippen MR) is 201 cm³/mol. The van der Waals surface area contributed by atoms with Crippen molar-refractivity contribution in [2.45, 2.75) is 134 Å². The van der Waals surface area contributed by atoms with Gasteiger partial charge in [0.25, 0.3) is 0 Å². The topological polar surface area (TPSA) is 255 Å². The smallest absolute Gasteiger partial charge is 0.326 e. The molecule has 15 nitrogen and oxygen atoms in total. The average Bonchev–Trinajstić information content (AvgIpc) is 3.65. The number of allylic oxidation sites excluding steroid dienone is 1. The van der Waals surface area contributed by atoms with E-state index >= 15 is 0 Å². The molecule has 1 aliphatic carbocycles. The number of hydrogen-bond acceptors (Lipinski definition) is 9. The SMILES string of the molecule is C/C=C/C[C@H](NC(=O)[C@H](CCCCN)NC(=O)[C@H](CCCCN)NC(=O)CC)C(=O)N[C@@H](Cc1ccc(O)cc1)C(=O)N[C@@H](CC1CCCC1)C(=O)O. The fourth-order valence-corrected chi connectivity index (χ4v) is 6.29. The Morgan fingerprint density at radius 1 is 0.736 bits per heavy atom. The zero-order chi connectivity index (χ0) is 39.2. The largest absolute Gasteiger partial charge is 0.508 e. The molecule has 0 aromatic heterocycles. The first-order valence-electron chi connectivity index (χ1n) is 18.9. The molecule has 15 heteroatoms. The summed E-state index contributed by atoms with van der Waals surface area (Å²) < 4.78 is 0. The molecule has 5 atom stereocenters. The maximum atomic E-state index is 13.9. The first kappa shape index (κ1) is 44.7. The Morgan fingerprint density at radius 3 is 1.75 bits per heavy atom. The summed E-state index contributed by atoms with van der Waals surface area (Å²) in [7, 11) is 0. The Kier molecular flexibility index (Phi) is 20.8. The van der Waals surface area contributed by atoms with Crippen LogP contribution in [0.15, 0.2) is 36.4 Å². The third kappa shape index (κ3) is 16.8. The van der Waals surface area contributed by atoms with Crippen LogP contribution in [0.5, 0.6) is 5.75 Å². The highest BCUT2D eigenvalue weighted by atomic mass is 16.4. The molecule has 53 heavy (non-hydrogen) atoms. The van der Waals surface area contributed by atoms with Gasteiger partial charge in [-0.1, -0.05) is 56.9 Å². The van der Waals surface area contributed by atoms with Crippen molar-refractivity contribution in [3.05, 3.63) is 42.0 Å². The van der Waals surface area contributed by atoms with E-state index in [1.807, 2.05) is 0 Å². The van der Waals surface area contributed by atoms with Crippen LogP contribution in [0, 0.1) is 5.92 Å². The first-order valence-corrected chi connectivity index (χ1v) is 18.9. The number of benzene rings is 1. The molecule has 5 amide bonds. The van der Waals surface area contributed by atoms with Crippen molar-refractivity contribution in [2.75, 3.05) is 13.1 Å². The molecule has 1 aliphatic rings. The number of aromatic hydroxyl groups is 1. The van der Waals surface area contributed by atoms with Crippen molar-refractivity contribution < 1.29 is 39.0 Å². The van der Waals surface area contributed by atoms with Gasteiger partial charge in [0.2, 0.25) is 29.5 Å². The minimum absolute atomic E-state index is 0.0122. The van der Waals surface area contributed by atoms with E-state index in [4.69, 9.17) is 11.5 Å². The van der Waals surface area contributed by atoms with Crippen LogP contribution in [0.1, 0.15) is 103 Å². The number of hydrogen-bond donors (Lipinski definition) is 9. The maximum Gasteiger partial charge on any atom is 0.326 e. The van der Waals surface area contributed by atoms with Crippen LogP contribution >= 0.6 is 0 Å². The molecule has 1 saturated carbocycles. The fourth-order valence-electron chi connectivity index (χ4n) is 6.29. The highest BCUT2D eigenvalue weighted by molar-refractivity contribution is 5.96. The fraction of sp³-hybridized carbons (Fsp3) is 0.632. The van der Waals surface area contributed by atoms with Gasteiger partial charge in [0.1, 0.15) is 36.0 Å². The molecule has 0 radical (unpaired) electrons. The van der Waals surface area contributed by atoms with Crippen LogP contribution in [0.2, 0.25) is 0 Å². The van der Waals surface area contributed by atoms with Gasteiger partial charge in [0, 0.05) is 12.8 Å². The molecule has 2 rings (SSSR count). The quantitative estimate of drug-likeness (QED) is 0.0517. The summed E-state index contributed by atoms with van der Waals surface area (Å²) in [5, 5.41) is 33.3. The Balaban J connectivity index is 2.32. The molecule has 0 spiro atoms. The van der Waals surface area contributed by atoms with Crippen molar-refractivity contribution in [1.29, 1.82) is 0 Å². The van der Waals surface area contributed by atoms with Crippen LogP contribution in [-0.2, 0) is 35.2 Å². The zero-order valence-corrected chi connectivity index (χ0v) is 31.2. The van der Waals surface area contributed by atoms with Gasteiger partial charge in [-0.15, -0.1) is 0 Å². The van der Waals surface area contributed by atoms with Crippen LogP contribution in [0.3, 0.4) is 0 Å². The molecule has 1 aromatic rings. The second kappa shape index (κ2) is 24.7. The van der Waals surface area contributed by atoms with Crippen molar-refractivity contribution in [1.82, 2.24) is 26.6 Å². The molecular weight excluding hydrogens is 682 g/mol. The first-order chi connectivity index (χ1) is 25.4. The second-order valence-electron chi connectivity index (χ2n) is 13.7. The van der Waals surface area contributed by atoms with E-state index in [-0.39, 0.29) is 49.7 Å². The predicted octanol–water partition coefficient (Wildman–Crippen LogP) is 1.66. The molecule has 0 bridgehead atoms. The third-order valence-corrected chi connectivity index (χ3v) is 9.41. The van der Waals surface area contributed by atoms with Gasteiger partial charge < -0.3 is 48.3 Å². The van der Waals surface area contributed by atoms with Gasteiger partial charge in [0.15, 0.2) is 0 Å². The van der Waals surface area contributed by atoms with E-state index in [1.165, 1.54) is 12.1 Å². The molecule has 0 unspecified atom stereocenters. The van der Waals surface area contributed by atoms with Gasteiger partial charge in [-0.3, -0.25) is 24.0 Å². The second-order valence-corrected chi connectivity index (χ2v) is 13.7. The van der Waals surface area contributed by atoms with E-state index in [0.717, 1.165) is 25.7 Å². The van der Waals surface area contributed by atoms with E-state index in [1.54, 1.807) is 38.1 Å². The Morgan fingerprint density at radius 2 is 1.23 bits per heavy atom. The van der Waals surface area contributed by atoms with Gasteiger partial charge >= 0.3 is 5.97 Å². The normalized spacial score (nSPS) is 15.8. The molecule has 1 fully saturated rings. The zero-order valence-electron chi connectivity index (χ0n) is 31.2. The Bertz CT molecular complexity index is 1350. The number of carboxylic acid groups (broad SMARTS) is 1. The highest BCUT2D eigenvalue weighted by Crippen LogP contribution is 2.28. The van der Waals surface area contributed by atoms with Crippen molar-refractivity contribution in [3.63, 3.8) is 0 Å². The summed E-state index contributed by atoms with van der Waals surface area (Å²) in [6.07, 6.45) is 10.5. The van der Waals surface area contributed by atoms with Crippen LogP contribution < -0.4 is 38.1 Å². The number of carbonyl (C=O) groups excluding carboxylic acids is 5. The number of unbranched alkanes of at least 4 members (excludes halogenated alkanes) is 2. The number of phenolic OH excluding ortho intramolecular Hbond substituents is 1. The number of phenols is 1. The number of rotatable bonds is 25. The summed E-state index contributed by atoms with van der Waals surface area (Å²) >= 11 is 0. The van der Waals surface area contributed by atoms with Crippen molar-refractivity contribution in [2.24, 2.45) is 17.4 Å². The third-order valence-electron chi connectivity index (χ3n) is 9.41. The molecule has 11 N–H and O–H groups in total. The number of nitrogens with one attached hydrogen (secondary N) is 5. The lowest BCUT2D eigenvalue weighted by Crippen LogP contribution is -2.59. The Labute approximate surface area is 312 Å². The molecule has 0 aliphatic heterocycles. The summed E-state index contributed by atoms with van der Waals surface area (Å²) in [6, 6.07) is 0.576. The van der Waals surface area contributed by atoms with Gasteiger partial charge in [-0.25, -0.2) is 4.79 Å². The monoisotopic (exact) mass is 743 g/mol.